The SMILES string of the molecule is O=C(CN(Cc1ccc(Cl)cc1)S(=O)(=O)c1ccc(Cl)cc1)NCc1ccncc1. The quantitative estimate of drug-likeness (QED) is 0.549. The molecular weight excluding hydrogens is 445 g/mol. The topological polar surface area (TPSA) is 79.4 Å². The Morgan fingerprint density at radius 2 is 1.43 bits per heavy atom. The Kier molecular flexibility index (Phi) is 7.44. The van der Waals surface area contributed by atoms with Crippen LogP contribution in [0.15, 0.2) is 78.0 Å². The summed E-state index contributed by atoms with van der Waals surface area (Å²) in [5, 5.41) is 3.71. The van der Waals surface area contributed by atoms with Gasteiger partial charge in [-0.05, 0) is 59.7 Å². The average molecular weight is 464 g/mol. The monoisotopic (exact) mass is 463 g/mol. The van der Waals surface area contributed by atoms with Gasteiger partial charge in [-0.3, -0.25) is 9.78 Å². The molecule has 0 bridgehead atoms. The predicted molar refractivity (Wildman–Crippen MR) is 117 cm³/mol. The molecule has 0 radical (unpaired) electrons. The standard InChI is InChI=1S/C21H19Cl2N3O3S/c22-18-3-1-17(2-4-18)14-26(30(28,29)20-7-5-19(23)6-8-20)15-21(27)25-13-16-9-11-24-12-10-16/h1-12H,13-15H2,(H,25,27). The van der Waals surface area contributed by atoms with Gasteiger partial charge in [-0.25, -0.2) is 8.42 Å². The van der Waals surface area contributed by atoms with E-state index in [4.69, 9.17) is 23.2 Å². The van der Waals surface area contributed by atoms with Crippen molar-refractivity contribution in [3.63, 3.8) is 0 Å². The summed E-state index contributed by atoms with van der Waals surface area (Å²) in [7, 11) is -3.93. The first-order chi connectivity index (χ1) is 14.3. The normalized spacial score (nSPS) is 11.4. The van der Waals surface area contributed by atoms with E-state index in [-0.39, 0.29) is 24.5 Å². The summed E-state index contributed by atoms with van der Waals surface area (Å²) in [5.74, 6) is -0.418. The maximum atomic E-state index is 13.2. The Hall–Kier alpha value is -2.45. The van der Waals surface area contributed by atoms with Crippen LogP contribution in [0.1, 0.15) is 11.1 Å². The van der Waals surface area contributed by atoms with Crippen molar-refractivity contribution >= 4 is 39.1 Å². The number of benzene rings is 2. The van der Waals surface area contributed by atoms with Crippen LogP contribution in [-0.4, -0.2) is 30.2 Å². The van der Waals surface area contributed by atoms with Gasteiger partial charge < -0.3 is 5.32 Å². The third-order valence-corrected chi connectivity index (χ3v) is 6.59. The zero-order valence-electron chi connectivity index (χ0n) is 15.8. The van der Waals surface area contributed by atoms with Crippen molar-refractivity contribution in [3.05, 3.63) is 94.2 Å². The molecule has 0 aliphatic rings. The third-order valence-electron chi connectivity index (χ3n) is 4.28. The highest BCUT2D eigenvalue weighted by molar-refractivity contribution is 7.89. The van der Waals surface area contributed by atoms with Gasteiger partial charge in [0.1, 0.15) is 0 Å². The Balaban J connectivity index is 1.80. The zero-order chi connectivity index (χ0) is 21.6. The summed E-state index contributed by atoms with van der Waals surface area (Å²) in [6, 6.07) is 16.2. The van der Waals surface area contributed by atoms with Crippen molar-refractivity contribution in [2.45, 2.75) is 18.0 Å². The molecule has 9 heteroatoms. The van der Waals surface area contributed by atoms with E-state index < -0.39 is 15.9 Å². The van der Waals surface area contributed by atoms with Gasteiger partial charge in [0.05, 0.1) is 11.4 Å². The van der Waals surface area contributed by atoms with Gasteiger partial charge in [-0.15, -0.1) is 0 Å². The van der Waals surface area contributed by atoms with Gasteiger partial charge in [0.2, 0.25) is 15.9 Å². The molecule has 1 amide bonds. The van der Waals surface area contributed by atoms with E-state index in [0.29, 0.717) is 15.6 Å². The number of aromatic nitrogens is 1. The second-order valence-corrected chi connectivity index (χ2v) is 9.30. The van der Waals surface area contributed by atoms with Gasteiger partial charge in [0.25, 0.3) is 0 Å². The van der Waals surface area contributed by atoms with E-state index in [9.17, 15) is 13.2 Å². The molecule has 1 N–H and O–H groups in total. The van der Waals surface area contributed by atoms with Crippen molar-refractivity contribution in [2.24, 2.45) is 0 Å². The highest BCUT2D eigenvalue weighted by Gasteiger charge is 2.27. The van der Waals surface area contributed by atoms with E-state index in [0.717, 1.165) is 9.87 Å². The fourth-order valence-corrected chi connectivity index (χ4v) is 4.33. The lowest BCUT2D eigenvalue weighted by Gasteiger charge is -2.22. The summed E-state index contributed by atoms with van der Waals surface area (Å²) in [5.41, 5.74) is 1.57. The van der Waals surface area contributed by atoms with E-state index in [1.54, 1.807) is 48.8 Å². The minimum atomic E-state index is -3.93. The summed E-state index contributed by atoms with van der Waals surface area (Å²) >= 11 is 11.8. The lowest BCUT2D eigenvalue weighted by Crippen LogP contribution is -2.40. The molecule has 3 aromatic rings. The molecule has 156 valence electrons. The number of hydrogen-bond acceptors (Lipinski definition) is 4. The molecule has 0 unspecified atom stereocenters. The van der Waals surface area contributed by atoms with Crippen molar-refractivity contribution in [1.29, 1.82) is 0 Å². The molecule has 0 atom stereocenters. The van der Waals surface area contributed by atoms with Gasteiger partial charge in [0, 0.05) is 35.5 Å². The maximum absolute atomic E-state index is 13.2. The smallest absolute Gasteiger partial charge is 0.243 e. The number of pyridine rings is 1. The van der Waals surface area contributed by atoms with Gasteiger partial charge in [-0.2, -0.15) is 4.31 Å². The van der Waals surface area contributed by atoms with Gasteiger partial charge >= 0.3 is 0 Å². The van der Waals surface area contributed by atoms with E-state index in [2.05, 4.69) is 10.3 Å². The zero-order valence-corrected chi connectivity index (χ0v) is 18.2. The van der Waals surface area contributed by atoms with Crippen molar-refractivity contribution in [1.82, 2.24) is 14.6 Å². The molecule has 0 aliphatic carbocycles. The van der Waals surface area contributed by atoms with Crippen LogP contribution in [0.3, 0.4) is 0 Å². The van der Waals surface area contributed by atoms with Gasteiger partial charge in [-0.1, -0.05) is 35.3 Å². The molecule has 0 saturated heterocycles. The largest absolute Gasteiger partial charge is 0.351 e. The van der Waals surface area contributed by atoms with E-state index in [1.165, 1.54) is 24.3 Å². The van der Waals surface area contributed by atoms with Crippen LogP contribution >= 0.6 is 23.2 Å². The highest BCUT2D eigenvalue weighted by atomic mass is 35.5. The molecule has 2 aromatic carbocycles. The van der Waals surface area contributed by atoms with Crippen LogP contribution in [0, 0.1) is 0 Å². The van der Waals surface area contributed by atoms with Crippen molar-refractivity contribution in [2.75, 3.05) is 6.54 Å². The first-order valence-electron chi connectivity index (χ1n) is 9.00. The van der Waals surface area contributed by atoms with Crippen molar-refractivity contribution in [3.8, 4) is 0 Å². The number of rotatable bonds is 8. The predicted octanol–water partition coefficient (Wildman–Crippen LogP) is 3.90. The molecule has 1 aromatic heterocycles. The van der Waals surface area contributed by atoms with Crippen LogP contribution in [0.4, 0.5) is 0 Å². The van der Waals surface area contributed by atoms with Gasteiger partial charge in [0.15, 0.2) is 0 Å². The molecule has 0 fully saturated rings. The highest BCUT2D eigenvalue weighted by Crippen LogP contribution is 2.21. The first kappa shape index (κ1) is 22.2. The number of nitrogens with one attached hydrogen (secondary N) is 1. The van der Waals surface area contributed by atoms with Crippen LogP contribution in [-0.2, 0) is 27.9 Å². The molecular formula is C21H19Cl2N3O3S. The Morgan fingerprint density at radius 1 is 0.867 bits per heavy atom. The Morgan fingerprint density at radius 3 is 2.03 bits per heavy atom. The van der Waals surface area contributed by atoms with Crippen LogP contribution in [0.2, 0.25) is 10.0 Å². The van der Waals surface area contributed by atoms with Crippen LogP contribution in [0.25, 0.3) is 0 Å². The average Bonchev–Trinajstić information content (AvgIpc) is 2.74. The number of amides is 1. The molecule has 0 spiro atoms. The lowest BCUT2D eigenvalue weighted by molar-refractivity contribution is -0.121. The number of carbonyl (C=O) groups is 1. The molecule has 1 heterocycles. The number of hydrogen-bond donors (Lipinski definition) is 1. The molecule has 0 saturated carbocycles. The number of carbonyl (C=O) groups excluding carboxylic acids is 1. The van der Waals surface area contributed by atoms with E-state index in [1.807, 2.05) is 0 Å². The Labute approximate surface area is 185 Å². The fourth-order valence-electron chi connectivity index (χ4n) is 2.69. The second kappa shape index (κ2) is 10.0. The second-order valence-electron chi connectivity index (χ2n) is 6.49. The van der Waals surface area contributed by atoms with Crippen molar-refractivity contribution < 1.29 is 13.2 Å². The van der Waals surface area contributed by atoms with Crippen LogP contribution in [0.5, 0.6) is 0 Å². The molecule has 0 aliphatic heterocycles. The molecule has 6 nitrogen and oxygen atoms in total. The number of halogens is 2. The molecule has 3 rings (SSSR count). The molecule has 30 heavy (non-hydrogen) atoms. The lowest BCUT2D eigenvalue weighted by atomic mass is 10.2. The number of nitrogens with zero attached hydrogens (tertiary/aromatic N) is 2. The summed E-state index contributed by atoms with van der Waals surface area (Å²) in [6.07, 6.45) is 3.25. The minimum absolute atomic E-state index is 0.0187. The maximum Gasteiger partial charge on any atom is 0.243 e. The number of sulfonamides is 1. The summed E-state index contributed by atoms with van der Waals surface area (Å²) in [4.78, 5) is 16.5. The van der Waals surface area contributed by atoms with E-state index >= 15 is 0 Å². The Bertz CT molecular complexity index is 1090. The summed E-state index contributed by atoms with van der Waals surface area (Å²) < 4.78 is 27.5. The fraction of sp³-hybridized carbons (Fsp3) is 0.143. The summed E-state index contributed by atoms with van der Waals surface area (Å²) in [6.45, 7) is -0.0411. The minimum Gasteiger partial charge on any atom is -0.351 e. The third kappa shape index (κ3) is 6.03. The van der Waals surface area contributed by atoms with Crippen LogP contribution < -0.4 is 5.32 Å². The first-order valence-corrected chi connectivity index (χ1v) is 11.2.